The first-order valence-corrected chi connectivity index (χ1v) is 7.45. The van der Waals surface area contributed by atoms with Crippen LogP contribution in [0.5, 0.6) is 11.5 Å². The van der Waals surface area contributed by atoms with Crippen LogP contribution in [0.3, 0.4) is 0 Å². The van der Waals surface area contributed by atoms with Crippen LogP contribution in [-0.4, -0.2) is 32.0 Å². The Morgan fingerprint density at radius 2 is 2.10 bits per heavy atom. The van der Waals surface area contributed by atoms with Crippen LogP contribution in [0.15, 0.2) is 12.1 Å². The van der Waals surface area contributed by atoms with Crippen LogP contribution in [-0.2, 0) is 11.3 Å². The normalized spacial score (nSPS) is 25.5. The lowest BCUT2D eigenvalue weighted by Gasteiger charge is -2.24. The van der Waals surface area contributed by atoms with Gasteiger partial charge < -0.3 is 19.5 Å². The van der Waals surface area contributed by atoms with Crippen molar-refractivity contribution in [2.24, 2.45) is 0 Å². The summed E-state index contributed by atoms with van der Waals surface area (Å²) < 4.78 is 16.8. The molecule has 1 aromatic carbocycles. The quantitative estimate of drug-likeness (QED) is 0.931. The van der Waals surface area contributed by atoms with Gasteiger partial charge in [-0.25, -0.2) is 0 Å². The molecule has 1 atom stereocenters. The molecule has 20 heavy (non-hydrogen) atoms. The predicted octanol–water partition coefficient (Wildman–Crippen LogP) is 2.77. The Labute approximate surface area is 124 Å². The highest BCUT2D eigenvalue weighted by atomic mass is 35.5. The highest BCUT2D eigenvalue weighted by Crippen LogP contribution is 2.38. The van der Waals surface area contributed by atoms with Gasteiger partial charge in [0, 0.05) is 25.1 Å². The number of benzene rings is 1. The van der Waals surface area contributed by atoms with Crippen molar-refractivity contribution in [2.45, 2.75) is 31.8 Å². The van der Waals surface area contributed by atoms with Crippen molar-refractivity contribution in [3.8, 4) is 11.5 Å². The Balaban J connectivity index is 1.73. The standard InChI is InChI=1S/C15H20ClNO3/c1-15(3-6-18-10-15)17-9-11-7-12(16)14-13(8-11)19-4-2-5-20-14/h7-8,17H,2-6,9-10H2,1H3. The van der Waals surface area contributed by atoms with E-state index in [0.717, 1.165) is 43.9 Å². The summed E-state index contributed by atoms with van der Waals surface area (Å²) >= 11 is 6.29. The van der Waals surface area contributed by atoms with Crippen LogP contribution in [0.1, 0.15) is 25.3 Å². The number of rotatable bonds is 3. The zero-order valence-electron chi connectivity index (χ0n) is 11.7. The summed E-state index contributed by atoms with van der Waals surface area (Å²) in [5, 5.41) is 4.16. The van der Waals surface area contributed by atoms with E-state index < -0.39 is 0 Å². The van der Waals surface area contributed by atoms with Crippen molar-refractivity contribution in [1.82, 2.24) is 5.32 Å². The second kappa shape index (κ2) is 5.80. The third-order valence-corrected chi connectivity index (χ3v) is 4.08. The van der Waals surface area contributed by atoms with E-state index in [1.807, 2.05) is 12.1 Å². The van der Waals surface area contributed by atoms with Gasteiger partial charge in [-0.15, -0.1) is 0 Å². The molecule has 2 aliphatic rings. The minimum Gasteiger partial charge on any atom is -0.489 e. The van der Waals surface area contributed by atoms with Crippen LogP contribution < -0.4 is 14.8 Å². The molecule has 1 unspecified atom stereocenters. The lowest BCUT2D eigenvalue weighted by atomic mass is 10.0. The summed E-state index contributed by atoms with van der Waals surface area (Å²) in [5.41, 5.74) is 1.16. The van der Waals surface area contributed by atoms with Gasteiger partial charge in [0.05, 0.1) is 24.8 Å². The van der Waals surface area contributed by atoms with Crippen molar-refractivity contribution in [3.63, 3.8) is 0 Å². The Morgan fingerprint density at radius 1 is 1.25 bits per heavy atom. The smallest absolute Gasteiger partial charge is 0.179 e. The molecule has 0 aliphatic carbocycles. The second-order valence-corrected chi connectivity index (χ2v) is 6.08. The number of fused-ring (bicyclic) bond motifs is 1. The minimum atomic E-state index is 0.0522. The highest BCUT2D eigenvalue weighted by molar-refractivity contribution is 6.32. The molecule has 4 nitrogen and oxygen atoms in total. The first-order chi connectivity index (χ1) is 9.66. The molecule has 0 amide bonds. The molecule has 0 radical (unpaired) electrons. The highest BCUT2D eigenvalue weighted by Gasteiger charge is 2.29. The summed E-state index contributed by atoms with van der Waals surface area (Å²) in [7, 11) is 0. The van der Waals surface area contributed by atoms with Gasteiger partial charge in [0.25, 0.3) is 0 Å². The first kappa shape index (κ1) is 14.0. The maximum Gasteiger partial charge on any atom is 0.179 e. The monoisotopic (exact) mass is 297 g/mol. The predicted molar refractivity (Wildman–Crippen MR) is 77.7 cm³/mol. The van der Waals surface area contributed by atoms with Crippen LogP contribution in [0, 0.1) is 0 Å². The lowest BCUT2D eigenvalue weighted by Crippen LogP contribution is -2.42. The number of ether oxygens (including phenoxy) is 3. The van der Waals surface area contributed by atoms with E-state index in [9.17, 15) is 0 Å². The average molecular weight is 298 g/mol. The minimum absolute atomic E-state index is 0.0522. The van der Waals surface area contributed by atoms with Gasteiger partial charge >= 0.3 is 0 Å². The first-order valence-electron chi connectivity index (χ1n) is 7.07. The van der Waals surface area contributed by atoms with Gasteiger partial charge in [-0.2, -0.15) is 0 Å². The second-order valence-electron chi connectivity index (χ2n) is 5.67. The Kier molecular flexibility index (Phi) is 4.06. The summed E-state index contributed by atoms with van der Waals surface area (Å²) in [6.07, 6.45) is 1.92. The molecule has 1 fully saturated rings. The zero-order chi connectivity index (χ0) is 14.0. The Morgan fingerprint density at radius 3 is 2.90 bits per heavy atom. The van der Waals surface area contributed by atoms with E-state index in [0.29, 0.717) is 24.0 Å². The fourth-order valence-electron chi connectivity index (χ4n) is 2.51. The Hall–Kier alpha value is -0.970. The van der Waals surface area contributed by atoms with Gasteiger partial charge in [0.2, 0.25) is 0 Å². The third-order valence-electron chi connectivity index (χ3n) is 3.80. The van der Waals surface area contributed by atoms with Gasteiger partial charge in [0.15, 0.2) is 11.5 Å². The van der Waals surface area contributed by atoms with Gasteiger partial charge in [-0.3, -0.25) is 0 Å². The van der Waals surface area contributed by atoms with Crippen LogP contribution in [0.25, 0.3) is 0 Å². The maximum atomic E-state index is 6.29. The molecule has 2 heterocycles. The maximum absolute atomic E-state index is 6.29. The van der Waals surface area contributed by atoms with Crippen molar-refractivity contribution < 1.29 is 14.2 Å². The van der Waals surface area contributed by atoms with E-state index in [-0.39, 0.29) is 5.54 Å². The van der Waals surface area contributed by atoms with Gasteiger partial charge in [0.1, 0.15) is 0 Å². The van der Waals surface area contributed by atoms with Crippen molar-refractivity contribution in [2.75, 3.05) is 26.4 Å². The average Bonchev–Trinajstić information content (AvgIpc) is 2.72. The summed E-state index contributed by atoms with van der Waals surface area (Å²) in [6, 6.07) is 3.96. The topological polar surface area (TPSA) is 39.7 Å². The van der Waals surface area contributed by atoms with E-state index in [1.165, 1.54) is 0 Å². The molecule has 1 aromatic rings. The van der Waals surface area contributed by atoms with Gasteiger partial charge in [-0.1, -0.05) is 11.6 Å². The fourth-order valence-corrected chi connectivity index (χ4v) is 2.80. The molecule has 110 valence electrons. The van der Waals surface area contributed by atoms with Crippen molar-refractivity contribution in [3.05, 3.63) is 22.7 Å². The molecule has 1 N–H and O–H groups in total. The molecule has 0 bridgehead atoms. The number of hydrogen-bond donors (Lipinski definition) is 1. The molecule has 0 saturated carbocycles. The summed E-state index contributed by atoms with van der Waals surface area (Å²) in [4.78, 5) is 0. The SMILES string of the molecule is CC1(NCc2cc(Cl)c3c(c2)OCCCO3)CCOC1. The molecule has 2 aliphatic heterocycles. The molecule has 0 aromatic heterocycles. The number of nitrogens with one attached hydrogen (secondary N) is 1. The molecule has 5 heteroatoms. The molecular weight excluding hydrogens is 278 g/mol. The fraction of sp³-hybridized carbons (Fsp3) is 0.600. The molecule has 0 spiro atoms. The van der Waals surface area contributed by atoms with Crippen molar-refractivity contribution in [1.29, 1.82) is 0 Å². The van der Waals surface area contributed by atoms with E-state index in [2.05, 4.69) is 12.2 Å². The summed E-state index contributed by atoms with van der Waals surface area (Å²) in [6.45, 7) is 5.84. The zero-order valence-corrected chi connectivity index (χ0v) is 12.5. The van der Waals surface area contributed by atoms with Crippen LogP contribution in [0.4, 0.5) is 0 Å². The number of halogens is 1. The van der Waals surface area contributed by atoms with Gasteiger partial charge in [-0.05, 0) is 31.0 Å². The number of hydrogen-bond acceptors (Lipinski definition) is 4. The molecule has 3 rings (SSSR count). The van der Waals surface area contributed by atoms with E-state index in [1.54, 1.807) is 0 Å². The Bertz CT molecular complexity index is 486. The molecule has 1 saturated heterocycles. The van der Waals surface area contributed by atoms with Crippen LogP contribution in [0.2, 0.25) is 5.02 Å². The summed E-state index contributed by atoms with van der Waals surface area (Å²) in [5.74, 6) is 1.42. The van der Waals surface area contributed by atoms with E-state index in [4.69, 9.17) is 25.8 Å². The van der Waals surface area contributed by atoms with Crippen LogP contribution >= 0.6 is 11.6 Å². The van der Waals surface area contributed by atoms with Crippen molar-refractivity contribution >= 4 is 11.6 Å². The molecular formula is C15H20ClNO3. The third kappa shape index (κ3) is 3.03. The largest absolute Gasteiger partial charge is 0.489 e. The lowest BCUT2D eigenvalue weighted by molar-refractivity contribution is 0.171. The van der Waals surface area contributed by atoms with E-state index >= 15 is 0 Å².